The molecule has 7 heteroatoms. The topological polar surface area (TPSA) is 72.1 Å². The number of piperidine rings is 1. The molecule has 1 aromatic heterocycles. The molecule has 23 heavy (non-hydrogen) atoms. The third-order valence-corrected chi connectivity index (χ3v) is 4.06. The van der Waals surface area contributed by atoms with Crippen molar-refractivity contribution >= 4 is 41.8 Å². The SMILES string of the molecule is Cl.Cl.NCCC1CCCCN1C(=O)c1cnc2ccccc2n1. The van der Waals surface area contributed by atoms with Gasteiger partial charge in [0, 0.05) is 12.6 Å². The van der Waals surface area contributed by atoms with Crippen molar-refractivity contribution in [3.63, 3.8) is 0 Å². The fourth-order valence-electron chi connectivity index (χ4n) is 2.97. The van der Waals surface area contributed by atoms with Gasteiger partial charge in [-0.2, -0.15) is 0 Å². The van der Waals surface area contributed by atoms with E-state index < -0.39 is 0 Å². The predicted octanol–water partition coefficient (Wildman–Crippen LogP) is 2.82. The van der Waals surface area contributed by atoms with E-state index in [0.717, 1.165) is 43.3 Å². The van der Waals surface area contributed by atoms with Crippen molar-refractivity contribution in [3.05, 3.63) is 36.2 Å². The molecule has 1 aromatic carbocycles. The van der Waals surface area contributed by atoms with Crippen LogP contribution in [-0.2, 0) is 0 Å². The second-order valence-corrected chi connectivity index (χ2v) is 5.47. The Bertz CT molecular complexity index is 651. The molecule has 1 saturated heterocycles. The van der Waals surface area contributed by atoms with Crippen molar-refractivity contribution in [2.45, 2.75) is 31.7 Å². The highest BCUT2D eigenvalue weighted by Crippen LogP contribution is 2.21. The minimum absolute atomic E-state index is 0. The van der Waals surface area contributed by atoms with Crippen LogP contribution in [0.25, 0.3) is 11.0 Å². The van der Waals surface area contributed by atoms with Crippen molar-refractivity contribution < 1.29 is 4.79 Å². The second-order valence-electron chi connectivity index (χ2n) is 5.47. The van der Waals surface area contributed by atoms with Gasteiger partial charge >= 0.3 is 0 Å². The summed E-state index contributed by atoms with van der Waals surface area (Å²) in [6.45, 7) is 1.40. The number of nitrogens with zero attached hydrogens (tertiary/aromatic N) is 3. The van der Waals surface area contributed by atoms with Gasteiger partial charge < -0.3 is 10.6 Å². The Labute approximate surface area is 148 Å². The lowest BCUT2D eigenvalue weighted by Crippen LogP contribution is -2.44. The van der Waals surface area contributed by atoms with Gasteiger partial charge in [0.15, 0.2) is 0 Å². The summed E-state index contributed by atoms with van der Waals surface area (Å²) >= 11 is 0. The number of hydrogen-bond acceptors (Lipinski definition) is 4. The molecule has 126 valence electrons. The maximum absolute atomic E-state index is 12.7. The molecule has 1 fully saturated rings. The van der Waals surface area contributed by atoms with E-state index in [1.165, 1.54) is 0 Å². The number of rotatable bonds is 3. The molecule has 2 aromatic rings. The number of hydrogen-bond donors (Lipinski definition) is 1. The molecule has 1 atom stereocenters. The molecule has 0 saturated carbocycles. The summed E-state index contributed by atoms with van der Waals surface area (Å²) < 4.78 is 0. The third-order valence-electron chi connectivity index (χ3n) is 4.06. The van der Waals surface area contributed by atoms with Gasteiger partial charge in [-0.15, -0.1) is 24.8 Å². The van der Waals surface area contributed by atoms with Gasteiger partial charge in [-0.05, 0) is 44.4 Å². The van der Waals surface area contributed by atoms with Crippen LogP contribution in [0.5, 0.6) is 0 Å². The van der Waals surface area contributed by atoms with E-state index in [2.05, 4.69) is 9.97 Å². The second kappa shape index (κ2) is 9.01. The van der Waals surface area contributed by atoms with Crippen molar-refractivity contribution in [1.29, 1.82) is 0 Å². The van der Waals surface area contributed by atoms with Crippen LogP contribution in [0.2, 0.25) is 0 Å². The summed E-state index contributed by atoms with van der Waals surface area (Å²) in [6, 6.07) is 7.84. The number of carbonyl (C=O) groups excluding carboxylic acids is 1. The third kappa shape index (κ3) is 4.31. The number of fused-ring (bicyclic) bond motifs is 1. The summed E-state index contributed by atoms with van der Waals surface area (Å²) in [7, 11) is 0. The van der Waals surface area contributed by atoms with Crippen LogP contribution < -0.4 is 5.73 Å². The van der Waals surface area contributed by atoms with E-state index in [0.29, 0.717) is 12.2 Å². The smallest absolute Gasteiger partial charge is 0.274 e. The Morgan fingerprint density at radius 2 is 1.96 bits per heavy atom. The zero-order valence-corrected chi connectivity index (χ0v) is 14.5. The van der Waals surface area contributed by atoms with E-state index in [4.69, 9.17) is 5.73 Å². The quantitative estimate of drug-likeness (QED) is 0.917. The number of benzene rings is 1. The minimum atomic E-state index is -0.0218. The fourth-order valence-corrected chi connectivity index (χ4v) is 2.97. The molecule has 0 bridgehead atoms. The Morgan fingerprint density at radius 1 is 1.22 bits per heavy atom. The molecule has 5 nitrogen and oxygen atoms in total. The molecule has 2 heterocycles. The summed E-state index contributed by atoms with van der Waals surface area (Å²) in [4.78, 5) is 23.4. The maximum Gasteiger partial charge on any atom is 0.274 e. The summed E-state index contributed by atoms with van der Waals surface area (Å²) in [5.74, 6) is -0.0218. The first-order valence-corrected chi connectivity index (χ1v) is 7.52. The van der Waals surface area contributed by atoms with Crippen LogP contribution in [0.1, 0.15) is 36.2 Å². The van der Waals surface area contributed by atoms with Gasteiger partial charge in [0.1, 0.15) is 5.69 Å². The molecule has 0 radical (unpaired) electrons. The fraction of sp³-hybridized carbons (Fsp3) is 0.438. The zero-order chi connectivity index (χ0) is 14.7. The van der Waals surface area contributed by atoms with Gasteiger partial charge in [0.25, 0.3) is 5.91 Å². The van der Waals surface area contributed by atoms with Crippen molar-refractivity contribution in [1.82, 2.24) is 14.9 Å². The van der Waals surface area contributed by atoms with Crippen LogP contribution >= 0.6 is 24.8 Å². The zero-order valence-electron chi connectivity index (χ0n) is 12.9. The average Bonchev–Trinajstić information content (AvgIpc) is 2.54. The highest BCUT2D eigenvalue weighted by atomic mass is 35.5. The number of aromatic nitrogens is 2. The number of carbonyl (C=O) groups is 1. The Balaban J connectivity index is 0.00000132. The molecule has 1 aliphatic rings. The van der Waals surface area contributed by atoms with Gasteiger partial charge in [-0.1, -0.05) is 12.1 Å². The number of nitrogens with two attached hydrogens (primary N) is 1. The van der Waals surface area contributed by atoms with Crippen LogP contribution in [0, 0.1) is 0 Å². The lowest BCUT2D eigenvalue weighted by molar-refractivity contribution is 0.0599. The van der Waals surface area contributed by atoms with E-state index in [-0.39, 0.29) is 36.8 Å². The number of para-hydroxylation sites is 2. The molecular formula is C16H22Cl2N4O. The monoisotopic (exact) mass is 356 g/mol. The number of likely N-dealkylation sites (tertiary alicyclic amines) is 1. The first kappa shape index (κ1) is 19.6. The van der Waals surface area contributed by atoms with Crippen molar-refractivity contribution in [3.8, 4) is 0 Å². The largest absolute Gasteiger partial charge is 0.334 e. The molecule has 1 aliphatic heterocycles. The van der Waals surface area contributed by atoms with E-state index >= 15 is 0 Å². The number of halogens is 2. The van der Waals surface area contributed by atoms with Crippen LogP contribution in [0.3, 0.4) is 0 Å². The Morgan fingerprint density at radius 3 is 2.70 bits per heavy atom. The first-order valence-electron chi connectivity index (χ1n) is 7.52. The summed E-state index contributed by atoms with van der Waals surface area (Å²) in [5.41, 5.74) is 7.67. The van der Waals surface area contributed by atoms with Gasteiger partial charge in [-0.25, -0.2) is 4.98 Å². The summed E-state index contributed by atoms with van der Waals surface area (Å²) in [6.07, 6.45) is 5.68. The minimum Gasteiger partial charge on any atom is -0.334 e. The molecular weight excluding hydrogens is 335 g/mol. The van der Waals surface area contributed by atoms with E-state index in [1.807, 2.05) is 29.2 Å². The Hall–Kier alpha value is -1.43. The van der Waals surface area contributed by atoms with Crippen molar-refractivity contribution in [2.24, 2.45) is 5.73 Å². The van der Waals surface area contributed by atoms with Crippen LogP contribution in [0.15, 0.2) is 30.5 Å². The molecule has 0 spiro atoms. The van der Waals surface area contributed by atoms with Crippen molar-refractivity contribution in [2.75, 3.05) is 13.1 Å². The molecule has 1 amide bonds. The Kier molecular flexibility index (Phi) is 7.68. The highest BCUT2D eigenvalue weighted by molar-refractivity contribution is 5.94. The predicted molar refractivity (Wildman–Crippen MR) is 96.4 cm³/mol. The molecule has 3 rings (SSSR count). The average molecular weight is 357 g/mol. The van der Waals surface area contributed by atoms with Crippen LogP contribution in [0.4, 0.5) is 0 Å². The molecule has 1 unspecified atom stereocenters. The van der Waals surface area contributed by atoms with Gasteiger partial charge in [0.2, 0.25) is 0 Å². The highest BCUT2D eigenvalue weighted by Gasteiger charge is 2.27. The maximum atomic E-state index is 12.7. The normalized spacial score (nSPS) is 17.3. The molecule has 0 aliphatic carbocycles. The lowest BCUT2D eigenvalue weighted by atomic mass is 9.99. The van der Waals surface area contributed by atoms with E-state index in [9.17, 15) is 4.79 Å². The first-order chi connectivity index (χ1) is 10.3. The lowest BCUT2D eigenvalue weighted by Gasteiger charge is -2.35. The van der Waals surface area contributed by atoms with Gasteiger partial charge in [0.05, 0.1) is 17.2 Å². The number of amides is 1. The van der Waals surface area contributed by atoms with Gasteiger partial charge in [-0.3, -0.25) is 9.78 Å². The summed E-state index contributed by atoms with van der Waals surface area (Å²) in [5, 5.41) is 0. The van der Waals surface area contributed by atoms with E-state index in [1.54, 1.807) is 6.20 Å². The van der Waals surface area contributed by atoms with Crippen LogP contribution in [-0.4, -0.2) is 39.9 Å². The molecule has 2 N–H and O–H groups in total. The standard InChI is InChI=1S/C16H20N4O.2ClH/c17-9-8-12-5-3-4-10-20(12)16(21)15-11-18-13-6-1-2-7-14(13)19-15;;/h1-2,6-7,11-12H,3-5,8-10,17H2;2*1H.